The number of carbonyl (C=O) groups excluding carboxylic acids is 1. The molecule has 0 spiro atoms. The van der Waals surface area contributed by atoms with Gasteiger partial charge in [-0.1, -0.05) is 32.6 Å². The number of hydrogen-bond donors (Lipinski definition) is 2. The summed E-state index contributed by atoms with van der Waals surface area (Å²) >= 11 is 0. The molecule has 0 aromatic rings. The van der Waals surface area contributed by atoms with Gasteiger partial charge in [0.15, 0.2) is 0 Å². The van der Waals surface area contributed by atoms with E-state index in [-0.39, 0.29) is 5.91 Å². The van der Waals surface area contributed by atoms with Crippen molar-refractivity contribution < 1.29 is 4.79 Å². The lowest BCUT2D eigenvalue weighted by molar-refractivity contribution is -0.121. The minimum absolute atomic E-state index is 0.138. The molecule has 0 heterocycles. The maximum absolute atomic E-state index is 11.6. The van der Waals surface area contributed by atoms with Crippen LogP contribution in [0.1, 0.15) is 52.4 Å². The van der Waals surface area contributed by atoms with E-state index in [1.165, 1.54) is 38.5 Å². The number of likely N-dealkylation sites (N-methyl/N-ethyl adjacent to an activating group) is 1. The number of amides is 1. The summed E-state index contributed by atoms with van der Waals surface area (Å²) in [5.41, 5.74) is 0. The van der Waals surface area contributed by atoms with Crippen molar-refractivity contribution in [3.8, 4) is 0 Å². The molecule has 3 heteroatoms. The molecule has 0 aromatic carbocycles. The lowest BCUT2D eigenvalue weighted by Gasteiger charge is -2.23. The van der Waals surface area contributed by atoms with Gasteiger partial charge in [0.1, 0.15) is 0 Å². The first-order valence-corrected chi connectivity index (χ1v) is 6.74. The van der Waals surface area contributed by atoms with Crippen LogP contribution in [0.15, 0.2) is 0 Å². The molecule has 0 saturated heterocycles. The highest BCUT2D eigenvalue weighted by atomic mass is 16.1. The van der Waals surface area contributed by atoms with Crippen molar-refractivity contribution >= 4 is 5.91 Å². The first-order valence-electron chi connectivity index (χ1n) is 6.74. The summed E-state index contributed by atoms with van der Waals surface area (Å²) in [7, 11) is 0. The van der Waals surface area contributed by atoms with Crippen LogP contribution in [0.5, 0.6) is 0 Å². The van der Waals surface area contributed by atoms with E-state index in [9.17, 15) is 4.79 Å². The summed E-state index contributed by atoms with van der Waals surface area (Å²) < 4.78 is 0. The van der Waals surface area contributed by atoms with E-state index in [1.807, 2.05) is 6.92 Å². The van der Waals surface area contributed by atoms with Crippen LogP contribution in [0, 0.1) is 5.92 Å². The highest BCUT2D eigenvalue weighted by molar-refractivity contribution is 5.78. The van der Waals surface area contributed by atoms with Crippen LogP contribution < -0.4 is 10.6 Å². The Kier molecular flexibility index (Phi) is 6.46. The molecule has 0 radical (unpaired) electrons. The Morgan fingerprint density at radius 1 is 1.25 bits per heavy atom. The summed E-state index contributed by atoms with van der Waals surface area (Å²) in [5.74, 6) is 0.826. The molecule has 0 aromatic heterocycles. The summed E-state index contributed by atoms with van der Waals surface area (Å²) in [6.45, 7) is 5.47. The standard InChI is InChI=1S/C13H26N2O/c1-3-14-10-13(16)15-11(2)12-8-6-4-5-7-9-12/h11-12,14H,3-10H2,1-2H3,(H,15,16)/t11-/m1/s1. The number of rotatable bonds is 5. The van der Waals surface area contributed by atoms with Crippen molar-refractivity contribution in [3.63, 3.8) is 0 Å². The molecule has 1 aliphatic rings. The van der Waals surface area contributed by atoms with Gasteiger partial charge in [0.2, 0.25) is 5.91 Å². The summed E-state index contributed by atoms with van der Waals surface area (Å²) in [6.07, 6.45) is 7.96. The molecule has 1 fully saturated rings. The van der Waals surface area contributed by atoms with Gasteiger partial charge in [0, 0.05) is 6.04 Å². The van der Waals surface area contributed by atoms with Gasteiger partial charge in [-0.15, -0.1) is 0 Å². The molecule has 0 bridgehead atoms. The molecule has 3 nitrogen and oxygen atoms in total. The Labute approximate surface area is 99.4 Å². The molecule has 1 rings (SSSR count). The Bertz CT molecular complexity index is 198. The predicted octanol–water partition coefficient (Wildman–Crippen LogP) is 2.07. The molecule has 0 aliphatic heterocycles. The third-order valence-corrected chi connectivity index (χ3v) is 3.53. The highest BCUT2D eigenvalue weighted by Gasteiger charge is 2.20. The van der Waals surface area contributed by atoms with Crippen LogP contribution in [0.4, 0.5) is 0 Å². The minimum Gasteiger partial charge on any atom is -0.352 e. The Morgan fingerprint density at radius 3 is 2.44 bits per heavy atom. The molecule has 1 saturated carbocycles. The average molecular weight is 226 g/mol. The maximum Gasteiger partial charge on any atom is 0.234 e. The second kappa shape index (κ2) is 7.66. The van der Waals surface area contributed by atoms with Crippen molar-refractivity contribution in [3.05, 3.63) is 0 Å². The van der Waals surface area contributed by atoms with E-state index in [0.29, 0.717) is 18.5 Å². The summed E-state index contributed by atoms with van der Waals surface area (Å²) in [6, 6.07) is 0.337. The average Bonchev–Trinajstić information content (AvgIpc) is 2.54. The van der Waals surface area contributed by atoms with Gasteiger partial charge >= 0.3 is 0 Å². The van der Waals surface area contributed by atoms with Crippen molar-refractivity contribution in [1.82, 2.24) is 10.6 Å². The van der Waals surface area contributed by atoms with Gasteiger partial charge in [0.25, 0.3) is 0 Å². The fourth-order valence-electron chi connectivity index (χ4n) is 2.47. The molecule has 94 valence electrons. The highest BCUT2D eigenvalue weighted by Crippen LogP contribution is 2.25. The monoisotopic (exact) mass is 226 g/mol. The van der Waals surface area contributed by atoms with Gasteiger partial charge in [-0.3, -0.25) is 4.79 Å². The van der Waals surface area contributed by atoms with E-state index in [4.69, 9.17) is 0 Å². The summed E-state index contributed by atoms with van der Waals surface area (Å²) in [5, 5.41) is 6.17. The largest absolute Gasteiger partial charge is 0.352 e. The quantitative estimate of drug-likeness (QED) is 0.705. The topological polar surface area (TPSA) is 41.1 Å². The fourth-order valence-corrected chi connectivity index (χ4v) is 2.47. The van der Waals surface area contributed by atoms with Crippen molar-refractivity contribution in [1.29, 1.82) is 0 Å². The van der Waals surface area contributed by atoms with Crippen molar-refractivity contribution in [2.45, 2.75) is 58.4 Å². The zero-order chi connectivity index (χ0) is 11.8. The molecular formula is C13H26N2O. The zero-order valence-electron chi connectivity index (χ0n) is 10.7. The lowest BCUT2D eigenvalue weighted by atomic mass is 9.93. The van der Waals surface area contributed by atoms with Gasteiger partial charge in [-0.05, 0) is 32.2 Å². The molecule has 1 atom stereocenters. The molecule has 1 aliphatic carbocycles. The van der Waals surface area contributed by atoms with Crippen LogP contribution in [0.2, 0.25) is 0 Å². The van der Waals surface area contributed by atoms with Gasteiger partial charge in [-0.2, -0.15) is 0 Å². The van der Waals surface area contributed by atoms with Crippen LogP contribution in [-0.2, 0) is 4.79 Å². The van der Waals surface area contributed by atoms with Gasteiger partial charge in [0.05, 0.1) is 6.54 Å². The zero-order valence-corrected chi connectivity index (χ0v) is 10.7. The van der Waals surface area contributed by atoms with Gasteiger partial charge < -0.3 is 10.6 Å². The molecule has 0 unspecified atom stereocenters. The number of carbonyl (C=O) groups is 1. The van der Waals surface area contributed by atoms with Crippen LogP contribution in [-0.4, -0.2) is 25.0 Å². The Hall–Kier alpha value is -0.570. The molecular weight excluding hydrogens is 200 g/mol. The Morgan fingerprint density at radius 2 is 1.88 bits per heavy atom. The molecule has 2 N–H and O–H groups in total. The first kappa shape index (κ1) is 13.5. The van der Waals surface area contributed by atoms with Crippen molar-refractivity contribution in [2.75, 3.05) is 13.1 Å². The SMILES string of the molecule is CCNCC(=O)N[C@H](C)C1CCCCCC1. The Balaban J connectivity index is 2.26. The normalized spacial score (nSPS) is 20.1. The van der Waals surface area contributed by atoms with Crippen LogP contribution >= 0.6 is 0 Å². The maximum atomic E-state index is 11.6. The number of hydrogen-bond acceptors (Lipinski definition) is 2. The van der Waals surface area contributed by atoms with E-state index in [0.717, 1.165) is 6.54 Å². The van der Waals surface area contributed by atoms with Gasteiger partial charge in [-0.25, -0.2) is 0 Å². The number of nitrogens with one attached hydrogen (secondary N) is 2. The van der Waals surface area contributed by atoms with Crippen molar-refractivity contribution in [2.24, 2.45) is 5.92 Å². The van der Waals surface area contributed by atoms with Crippen LogP contribution in [0.25, 0.3) is 0 Å². The smallest absolute Gasteiger partial charge is 0.234 e. The van der Waals surface area contributed by atoms with E-state index in [1.54, 1.807) is 0 Å². The second-order valence-electron chi connectivity index (χ2n) is 4.89. The summed E-state index contributed by atoms with van der Waals surface area (Å²) in [4.78, 5) is 11.6. The third-order valence-electron chi connectivity index (χ3n) is 3.53. The predicted molar refractivity (Wildman–Crippen MR) is 67.3 cm³/mol. The van der Waals surface area contributed by atoms with E-state index in [2.05, 4.69) is 17.6 Å². The first-order chi connectivity index (χ1) is 7.74. The third kappa shape index (κ3) is 4.97. The molecule has 1 amide bonds. The second-order valence-corrected chi connectivity index (χ2v) is 4.89. The molecule has 16 heavy (non-hydrogen) atoms. The minimum atomic E-state index is 0.138. The fraction of sp³-hybridized carbons (Fsp3) is 0.923. The van der Waals surface area contributed by atoms with E-state index >= 15 is 0 Å². The van der Waals surface area contributed by atoms with E-state index < -0.39 is 0 Å². The lowest BCUT2D eigenvalue weighted by Crippen LogP contribution is -2.42. The van der Waals surface area contributed by atoms with Crippen LogP contribution in [0.3, 0.4) is 0 Å².